The van der Waals surface area contributed by atoms with Gasteiger partial charge in [-0.1, -0.05) is 13.8 Å². The van der Waals surface area contributed by atoms with Crippen molar-refractivity contribution in [2.24, 2.45) is 0 Å². The molecule has 0 saturated heterocycles. The minimum absolute atomic E-state index is 0.399. The molecule has 0 radical (unpaired) electrons. The molecule has 0 saturated carbocycles. The Morgan fingerprint density at radius 3 is 2.27 bits per heavy atom. The van der Waals surface area contributed by atoms with Crippen LogP contribution in [0.4, 0.5) is 0 Å². The summed E-state index contributed by atoms with van der Waals surface area (Å²) in [5, 5.41) is 0. The Hall–Kier alpha value is 0.0700. The van der Waals surface area contributed by atoms with Crippen LogP contribution < -0.4 is 0 Å². The highest BCUT2D eigenvalue weighted by Crippen LogP contribution is 1.91. The number of hydrogen-bond donors (Lipinski definition) is 1. The van der Waals surface area contributed by atoms with Gasteiger partial charge in [-0.25, -0.2) is 4.21 Å². The minimum Gasteiger partial charge on any atom is -0.306 e. The highest BCUT2D eigenvalue weighted by molar-refractivity contribution is 7.79. The zero-order valence-electron chi connectivity index (χ0n) is 7.25. The van der Waals surface area contributed by atoms with Crippen molar-refractivity contribution in [3.05, 3.63) is 0 Å². The second-order valence-corrected chi connectivity index (χ2v) is 3.46. The molecule has 0 bridgehead atoms. The van der Waals surface area contributed by atoms with Gasteiger partial charge < -0.3 is 9.45 Å². The average molecular weight is 179 g/mol. The van der Waals surface area contributed by atoms with E-state index in [0.717, 1.165) is 26.1 Å². The first-order valence-electron chi connectivity index (χ1n) is 4.00. The highest BCUT2D eigenvalue weighted by Gasteiger charge is 1.99. The van der Waals surface area contributed by atoms with Gasteiger partial charge in [0.25, 0.3) is 0 Å². The van der Waals surface area contributed by atoms with Crippen LogP contribution in [0.3, 0.4) is 0 Å². The van der Waals surface area contributed by atoms with E-state index < -0.39 is 11.1 Å². The lowest BCUT2D eigenvalue weighted by molar-refractivity contribution is 0.305. The van der Waals surface area contributed by atoms with Gasteiger partial charge in [0.05, 0.1) is 5.75 Å². The van der Waals surface area contributed by atoms with E-state index >= 15 is 0 Å². The summed E-state index contributed by atoms with van der Waals surface area (Å²) in [7, 11) is 0. The van der Waals surface area contributed by atoms with Gasteiger partial charge in [-0.05, 0) is 26.1 Å². The summed E-state index contributed by atoms with van der Waals surface area (Å²) >= 11 is -1.61. The third-order valence-electron chi connectivity index (χ3n) is 1.69. The molecule has 0 aliphatic rings. The van der Waals surface area contributed by atoms with E-state index in [1.807, 2.05) is 0 Å². The molecule has 0 fully saturated rings. The van der Waals surface area contributed by atoms with Crippen molar-refractivity contribution < 1.29 is 8.76 Å². The summed E-state index contributed by atoms with van der Waals surface area (Å²) in [6.45, 7) is 7.17. The predicted octanol–water partition coefficient (Wildman–Crippen LogP) is 0.940. The largest absolute Gasteiger partial charge is 0.306 e. The Kier molecular flexibility index (Phi) is 6.80. The number of hydrogen-bond acceptors (Lipinski definition) is 2. The first kappa shape index (κ1) is 11.1. The van der Waals surface area contributed by atoms with Gasteiger partial charge in [0.2, 0.25) is 0 Å². The van der Waals surface area contributed by atoms with Crippen molar-refractivity contribution in [2.45, 2.75) is 20.3 Å². The third-order valence-corrected chi connectivity index (χ3v) is 2.33. The fourth-order valence-corrected chi connectivity index (χ4v) is 1.33. The summed E-state index contributed by atoms with van der Waals surface area (Å²) in [6.07, 6.45) is 0.810. The van der Waals surface area contributed by atoms with Crippen LogP contribution in [0.2, 0.25) is 0 Å². The van der Waals surface area contributed by atoms with Crippen LogP contribution in [-0.2, 0) is 11.1 Å². The van der Waals surface area contributed by atoms with E-state index in [9.17, 15) is 4.21 Å². The van der Waals surface area contributed by atoms with E-state index in [0.29, 0.717) is 5.75 Å². The molecule has 0 aliphatic carbocycles. The molecule has 0 spiro atoms. The Balaban J connectivity index is 3.28. The van der Waals surface area contributed by atoms with Gasteiger partial charge in [-0.15, -0.1) is 0 Å². The molecule has 0 aromatic heterocycles. The van der Waals surface area contributed by atoms with Crippen LogP contribution >= 0.6 is 0 Å². The summed E-state index contributed by atoms with van der Waals surface area (Å²) < 4.78 is 18.7. The van der Waals surface area contributed by atoms with E-state index in [4.69, 9.17) is 4.55 Å². The Morgan fingerprint density at radius 1 is 1.36 bits per heavy atom. The molecule has 1 atom stereocenters. The maximum atomic E-state index is 10.3. The van der Waals surface area contributed by atoms with Crippen molar-refractivity contribution >= 4 is 11.1 Å². The molecule has 0 heterocycles. The Bertz CT molecular complexity index is 115. The van der Waals surface area contributed by atoms with Crippen LogP contribution in [0.5, 0.6) is 0 Å². The molecule has 4 heteroatoms. The highest BCUT2D eigenvalue weighted by atomic mass is 32.2. The molecule has 0 rings (SSSR count). The van der Waals surface area contributed by atoms with Crippen LogP contribution in [-0.4, -0.2) is 39.0 Å². The zero-order chi connectivity index (χ0) is 8.69. The molecule has 3 nitrogen and oxygen atoms in total. The maximum absolute atomic E-state index is 10.3. The van der Waals surface area contributed by atoms with E-state index in [1.54, 1.807) is 0 Å². The molecule has 0 aliphatic heterocycles. The van der Waals surface area contributed by atoms with E-state index in [1.165, 1.54) is 0 Å². The predicted molar refractivity (Wildman–Crippen MR) is 48.0 cm³/mol. The summed E-state index contributed by atoms with van der Waals surface area (Å²) in [5.41, 5.74) is 0. The van der Waals surface area contributed by atoms with Crippen LogP contribution in [0.1, 0.15) is 20.3 Å². The molecular formula is C7H17NO2S. The SMILES string of the molecule is CCN(CC)CCCS(=O)O. The lowest BCUT2D eigenvalue weighted by atomic mass is 10.4. The first-order chi connectivity index (χ1) is 5.20. The lowest BCUT2D eigenvalue weighted by Gasteiger charge is -2.16. The molecular weight excluding hydrogens is 162 g/mol. The minimum atomic E-state index is -1.61. The maximum Gasteiger partial charge on any atom is 0.152 e. The second-order valence-electron chi connectivity index (χ2n) is 2.41. The van der Waals surface area contributed by atoms with Crippen LogP contribution in [0.15, 0.2) is 0 Å². The first-order valence-corrected chi connectivity index (χ1v) is 5.28. The van der Waals surface area contributed by atoms with Gasteiger partial charge in [-0.2, -0.15) is 0 Å². The zero-order valence-corrected chi connectivity index (χ0v) is 8.06. The molecule has 0 aromatic rings. The Morgan fingerprint density at radius 2 is 1.91 bits per heavy atom. The molecule has 11 heavy (non-hydrogen) atoms. The molecule has 1 unspecified atom stereocenters. The lowest BCUT2D eigenvalue weighted by Crippen LogP contribution is -2.24. The van der Waals surface area contributed by atoms with E-state index in [2.05, 4.69) is 18.7 Å². The van der Waals surface area contributed by atoms with Crippen LogP contribution in [0.25, 0.3) is 0 Å². The summed E-state index contributed by atoms with van der Waals surface area (Å²) in [6, 6.07) is 0. The third kappa shape index (κ3) is 6.47. The van der Waals surface area contributed by atoms with Gasteiger partial charge in [0, 0.05) is 0 Å². The quantitative estimate of drug-likeness (QED) is 0.617. The number of nitrogens with zero attached hydrogens (tertiary/aromatic N) is 1. The van der Waals surface area contributed by atoms with Crippen molar-refractivity contribution in [2.75, 3.05) is 25.4 Å². The van der Waals surface area contributed by atoms with Crippen molar-refractivity contribution in [1.29, 1.82) is 0 Å². The standard InChI is InChI=1S/C7H17NO2S/c1-3-8(4-2)6-5-7-11(9)10/h3-7H2,1-2H3,(H,9,10). The fourth-order valence-electron chi connectivity index (χ4n) is 0.951. The topological polar surface area (TPSA) is 40.5 Å². The van der Waals surface area contributed by atoms with Crippen molar-refractivity contribution in [1.82, 2.24) is 4.90 Å². The van der Waals surface area contributed by atoms with Crippen molar-refractivity contribution in [3.8, 4) is 0 Å². The van der Waals surface area contributed by atoms with E-state index in [-0.39, 0.29) is 0 Å². The Labute approximate surface area is 71.1 Å². The molecule has 0 amide bonds. The smallest absolute Gasteiger partial charge is 0.152 e. The average Bonchev–Trinajstić information content (AvgIpc) is 1.98. The summed E-state index contributed by atoms with van der Waals surface area (Å²) in [5.74, 6) is 0.399. The molecule has 68 valence electrons. The molecule has 1 N–H and O–H groups in total. The molecule has 0 aromatic carbocycles. The van der Waals surface area contributed by atoms with Crippen LogP contribution in [0, 0.1) is 0 Å². The normalized spacial score (nSPS) is 13.8. The van der Waals surface area contributed by atoms with Gasteiger partial charge in [-0.3, -0.25) is 0 Å². The summed E-state index contributed by atoms with van der Waals surface area (Å²) in [4.78, 5) is 2.24. The van der Waals surface area contributed by atoms with Gasteiger partial charge in [0.15, 0.2) is 11.1 Å². The van der Waals surface area contributed by atoms with Gasteiger partial charge in [0.1, 0.15) is 0 Å². The number of rotatable bonds is 6. The fraction of sp³-hybridized carbons (Fsp3) is 1.00. The van der Waals surface area contributed by atoms with Gasteiger partial charge >= 0.3 is 0 Å². The van der Waals surface area contributed by atoms with Crippen molar-refractivity contribution in [3.63, 3.8) is 0 Å². The second kappa shape index (κ2) is 6.76. The monoisotopic (exact) mass is 179 g/mol.